The average Bonchev–Trinajstić information content (AvgIpc) is 2.72. The van der Waals surface area contributed by atoms with E-state index in [1.807, 2.05) is 0 Å². The molecular weight excluding hydrogens is 266 g/mol. The SMILES string of the molecule is Cc1cnc(CNc2cccc(S(C)(=O)=O)c2N)o1. The molecule has 7 heteroatoms. The molecule has 0 amide bonds. The van der Waals surface area contributed by atoms with Crippen LogP contribution in [0.5, 0.6) is 0 Å². The van der Waals surface area contributed by atoms with Crippen LogP contribution >= 0.6 is 0 Å². The highest BCUT2D eigenvalue weighted by molar-refractivity contribution is 7.90. The molecule has 0 saturated heterocycles. The summed E-state index contributed by atoms with van der Waals surface area (Å²) < 4.78 is 28.4. The van der Waals surface area contributed by atoms with Gasteiger partial charge in [0, 0.05) is 6.26 Å². The first-order valence-electron chi connectivity index (χ1n) is 5.61. The van der Waals surface area contributed by atoms with Gasteiger partial charge in [0.15, 0.2) is 9.84 Å². The smallest absolute Gasteiger partial charge is 0.213 e. The molecule has 0 aliphatic rings. The van der Waals surface area contributed by atoms with Gasteiger partial charge >= 0.3 is 0 Å². The second-order valence-corrected chi connectivity index (χ2v) is 6.19. The predicted octanol–water partition coefficient (Wildman–Crippen LogP) is 1.58. The number of oxazole rings is 1. The second-order valence-electron chi connectivity index (χ2n) is 4.21. The summed E-state index contributed by atoms with van der Waals surface area (Å²) in [4.78, 5) is 4.16. The number of nitrogens with two attached hydrogens (primary N) is 1. The molecule has 0 unspecified atom stereocenters. The van der Waals surface area contributed by atoms with Crippen molar-refractivity contribution in [3.63, 3.8) is 0 Å². The van der Waals surface area contributed by atoms with Crippen molar-refractivity contribution in [1.29, 1.82) is 0 Å². The first-order valence-corrected chi connectivity index (χ1v) is 7.51. The lowest BCUT2D eigenvalue weighted by Gasteiger charge is -2.10. The van der Waals surface area contributed by atoms with Crippen molar-refractivity contribution in [1.82, 2.24) is 4.98 Å². The summed E-state index contributed by atoms with van der Waals surface area (Å²) in [5.74, 6) is 1.23. The minimum absolute atomic E-state index is 0.112. The maximum Gasteiger partial charge on any atom is 0.213 e. The summed E-state index contributed by atoms with van der Waals surface area (Å²) in [7, 11) is -3.34. The predicted molar refractivity (Wildman–Crippen MR) is 72.5 cm³/mol. The van der Waals surface area contributed by atoms with E-state index in [0.29, 0.717) is 18.1 Å². The van der Waals surface area contributed by atoms with Gasteiger partial charge in [0.1, 0.15) is 5.76 Å². The summed E-state index contributed by atoms with van der Waals surface area (Å²) in [6, 6.07) is 4.82. The highest BCUT2D eigenvalue weighted by Crippen LogP contribution is 2.26. The Bertz CT molecular complexity index is 692. The lowest BCUT2D eigenvalue weighted by Crippen LogP contribution is -2.07. The van der Waals surface area contributed by atoms with Crippen molar-refractivity contribution < 1.29 is 12.8 Å². The van der Waals surface area contributed by atoms with Crippen LogP contribution in [-0.2, 0) is 16.4 Å². The standard InChI is InChI=1S/C12H15N3O3S/c1-8-6-15-11(18-8)7-14-9-4-3-5-10(12(9)13)19(2,16)17/h3-6,14H,7,13H2,1-2H3. The molecular formula is C12H15N3O3S. The third kappa shape index (κ3) is 3.05. The van der Waals surface area contributed by atoms with E-state index in [2.05, 4.69) is 10.3 Å². The van der Waals surface area contributed by atoms with Crippen molar-refractivity contribution in [2.75, 3.05) is 17.3 Å². The number of aromatic nitrogens is 1. The molecule has 0 aliphatic carbocycles. The summed E-state index contributed by atoms with van der Waals surface area (Å²) in [5, 5.41) is 3.01. The molecule has 2 aromatic rings. The van der Waals surface area contributed by atoms with Crippen LogP contribution in [0.25, 0.3) is 0 Å². The molecule has 0 spiro atoms. The van der Waals surface area contributed by atoms with Crippen LogP contribution in [0.3, 0.4) is 0 Å². The Kier molecular flexibility index (Phi) is 3.48. The molecule has 0 atom stereocenters. The van der Waals surface area contributed by atoms with Gasteiger partial charge in [-0.05, 0) is 19.1 Å². The number of hydrogen-bond acceptors (Lipinski definition) is 6. The van der Waals surface area contributed by atoms with E-state index in [9.17, 15) is 8.42 Å². The molecule has 0 bridgehead atoms. The molecule has 1 heterocycles. The van der Waals surface area contributed by atoms with Gasteiger partial charge in [-0.25, -0.2) is 13.4 Å². The van der Waals surface area contributed by atoms with E-state index < -0.39 is 9.84 Å². The van der Waals surface area contributed by atoms with E-state index in [1.54, 1.807) is 25.3 Å². The van der Waals surface area contributed by atoms with Gasteiger partial charge in [0.25, 0.3) is 0 Å². The summed E-state index contributed by atoms with van der Waals surface area (Å²) in [5.41, 5.74) is 6.59. The molecule has 6 nitrogen and oxygen atoms in total. The number of anilines is 2. The number of aryl methyl sites for hydroxylation is 1. The normalized spacial score (nSPS) is 11.5. The molecule has 0 aliphatic heterocycles. The second kappa shape index (κ2) is 4.93. The van der Waals surface area contributed by atoms with E-state index >= 15 is 0 Å². The van der Waals surface area contributed by atoms with Crippen LogP contribution in [-0.4, -0.2) is 19.7 Å². The molecule has 1 aromatic heterocycles. The average molecular weight is 281 g/mol. The molecule has 0 saturated carbocycles. The van der Waals surface area contributed by atoms with E-state index in [4.69, 9.17) is 10.2 Å². The van der Waals surface area contributed by atoms with Crippen LogP contribution in [0, 0.1) is 6.92 Å². The first-order chi connectivity index (χ1) is 8.88. The summed E-state index contributed by atoms with van der Waals surface area (Å²) >= 11 is 0. The third-order valence-corrected chi connectivity index (χ3v) is 3.72. The monoisotopic (exact) mass is 281 g/mol. The van der Waals surface area contributed by atoms with Crippen LogP contribution in [0.1, 0.15) is 11.7 Å². The van der Waals surface area contributed by atoms with Crippen molar-refractivity contribution in [2.24, 2.45) is 0 Å². The number of nitrogens with one attached hydrogen (secondary N) is 1. The topological polar surface area (TPSA) is 98.2 Å². The lowest BCUT2D eigenvalue weighted by atomic mass is 10.2. The quantitative estimate of drug-likeness (QED) is 0.826. The number of benzene rings is 1. The van der Waals surface area contributed by atoms with E-state index in [1.165, 1.54) is 6.07 Å². The minimum atomic E-state index is -3.34. The zero-order chi connectivity index (χ0) is 14.0. The zero-order valence-corrected chi connectivity index (χ0v) is 11.5. The van der Waals surface area contributed by atoms with Crippen molar-refractivity contribution >= 4 is 21.2 Å². The molecule has 2 rings (SSSR count). The summed E-state index contributed by atoms with van der Waals surface area (Å²) in [6.07, 6.45) is 2.74. The number of hydrogen-bond donors (Lipinski definition) is 2. The Morgan fingerprint density at radius 1 is 1.42 bits per heavy atom. The van der Waals surface area contributed by atoms with Gasteiger partial charge in [0.2, 0.25) is 5.89 Å². The fourth-order valence-corrected chi connectivity index (χ4v) is 2.51. The number of para-hydroxylation sites is 1. The Hall–Kier alpha value is -2.02. The number of sulfone groups is 1. The van der Waals surface area contributed by atoms with E-state index in [0.717, 1.165) is 12.0 Å². The highest BCUT2D eigenvalue weighted by atomic mass is 32.2. The number of nitrogens with zero attached hydrogens (tertiary/aromatic N) is 1. The van der Waals surface area contributed by atoms with E-state index in [-0.39, 0.29) is 10.6 Å². The highest BCUT2D eigenvalue weighted by Gasteiger charge is 2.14. The Morgan fingerprint density at radius 2 is 2.16 bits per heavy atom. The van der Waals surface area contributed by atoms with Gasteiger partial charge in [-0.2, -0.15) is 0 Å². The van der Waals surface area contributed by atoms with Gasteiger partial charge in [-0.3, -0.25) is 0 Å². The van der Waals surface area contributed by atoms with Gasteiger partial charge in [-0.1, -0.05) is 6.07 Å². The molecule has 19 heavy (non-hydrogen) atoms. The molecule has 0 fully saturated rings. The minimum Gasteiger partial charge on any atom is -0.444 e. The van der Waals surface area contributed by atoms with Crippen molar-refractivity contribution in [3.8, 4) is 0 Å². The van der Waals surface area contributed by atoms with Crippen LogP contribution in [0.2, 0.25) is 0 Å². The van der Waals surface area contributed by atoms with Crippen LogP contribution in [0.4, 0.5) is 11.4 Å². The molecule has 0 radical (unpaired) electrons. The zero-order valence-electron chi connectivity index (χ0n) is 10.7. The fourth-order valence-electron chi connectivity index (χ4n) is 1.68. The Morgan fingerprint density at radius 3 is 2.74 bits per heavy atom. The van der Waals surface area contributed by atoms with Crippen LogP contribution in [0.15, 0.2) is 33.7 Å². The van der Waals surface area contributed by atoms with Crippen molar-refractivity contribution in [3.05, 3.63) is 36.0 Å². The maximum absolute atomic E-state index is 11.5. The van der Waals surface area contributed by atoms with Gasteiger partial charge in [0.05, 0.1) is 29.0 Å². The summed E-state index contributed by atoms with van der Waals surface area (Å²) in [6.45, 7) is 2.14. The number of rotatable bonds is 4. The molecule has 3 N–H and O–H groups in total. The molecule has 1 aromatic carbocycles. The third-order valence-electron chi connectivity index (χ3n) is 2.56. The Balaban J connectivity index is 2.22. The molecule has 102 valence electrons. The number of nitrogen functional groups attached to an aromatic ring is 1. The van der Waals surface area contributed by atoms with Crippen LogP contribution < -0.4 is 11.1 Å². The maximum atomic E-state index is 11.5. The largest absolute Gasteiger partial charge is 0.444 e. The van der Waals surface area contributed by atoms with Crippen molar-refractivity contribution in [2.45, 2.75) is 18.4 Å². The van der Waals surface area contributed by atoms with Gasteiger partial charge in [-0.15, -0.1) is 0 Å². The fraction of sp³-hybridized carbons (Fsp3) is 0.250. The first kappa shape index (κ1) is 13.4. The van der Waals surface area contributed by atoms with Gasteiger partial charge < -0.3 is 15.5 Å². The Labute approximate surface area is 111 Å². The lowest BCUT2D eigenvalue weighted by molar-refractivity contribution is 0.479.